The maximum absolute atomic E-state index is 12.1. The number of amides is 2. The van der Waals surface area contributed by atoms with Crippen LogP contribution in [0.1, 0.15) is 0 Å². The molecule has 7 nitrogen and oxygen atoms in total. The van der Waals surface area contributed by atoms with E-state index in [1.165, 1.54) is 7.11 Å². The summed E-state index contributed by atoms with van der Waals surface area (Å²) in [5, 5.41) is 2.73. The average Bonchev–Trinajstić information content (AvgIpc) is 2.46. The molecule has 0 unspecified atom stereocenters. The van der Waals surface area contributed by atoms with Crippen LogP contribution in [0.15, 0.2) is 18.2 Å². The summed E-state index contributed by atoms with van der Waals surface area (Å²) >= 11 is 0. The molecule has 0 spiro atoms. The van der Waals surface area contributed by atoms with Crippen molar-refractivity contribution in [1.29, 1.82) is 0 Å². The maximum Gasteiger partial charge on any atom is 0.265 e. The highest BCUT2D eigenvalue weighted by Crippen LogP contribution is 2.34. The summed E-state index contributed by atoms with van der Waals surface area (Å²) in [5.74, 6) is 0.308. The van der Waals surface area contributed by atoms with Gasteiger partial charge < -0.3 is 24.6 Å². The smallest absolute Gasteiger partial charge is 0.265 e. The Morgan fingerprint density at radius 1 is 1.45 bits per heavy atom. The molecule has 0 bridgehead atoms. The molecule has 2 rings (SSSR count). The molecule has 1 N–H and O–H groups in total. The molecule has 0 aromatic heterocycles. The highest BCUT2D eigenvalue weighted by molar-refractivity contribution is 5.99. The zero-order valence-electron chi connectivity index (χ0n) is 13.1. The molecule has 0 saturated carbocycles. The number of ether oxygens (including phenoxy) is 2. The fourth-order valence-corrected chi connectivity index (χ4v) is 2.15. The van der Waals surface area contributed by atoms with Crippen LogP contribution < -0.4 is 15.0 Å². The van der Waals surface area contributed by atoms with Crippen LogP contribution in [-0.2, 0) is 14.3 Å². The van der Waals surface area contributed by atoms with Crippen LogP contribution in [0.3, 0.4) is 0 Å². The Kier molecular flexibility index (Phi) is 5.35. The number of rotatable bonds is 6. The van der Waals surface area contributed by atoms with Gasteiger partial charge in [0.25, 0.3) is 5.91 Å². The van der Waals surface area contributed by atoms with E-state index >= 15 is 0 Å². The van der Waals surface area contributed by atoms with Gasteiger partial charge in [0.05, 0.1) is 5.69 Å². The number of nitrogens with zero attached hydrogens (tertiary/aromatic N) is 2. The standard InChI is InChI=1S/C15H21N3O4/c1-17(2)6-7-18-12-8-11(16-14(19)9-21-3)4-5-13(12)22-10-15(18)20/h4-5,8H,6-7,9-10H2,1-3H3,(H,16,19). The predicted octanol–water partition coefficient (Wildman–Crippen LogP) is 0.558. The highest BCUT2D eigenvalue weighted by atomic mass is 16.5. The summed E-state index contributed by atoms with van der Waals surface area (Å²) < 4.78 is 10.2. The summed E-state index contributed by atoms with van der Waals surface area (Å²) in [5.41, 5.74) is 1.28. The lowest BCUT2D eigenvalue weighted by atomic mass is 10.2. The predicted molar refractivity (Wildman–Crippen MR) is 83.3 cm³/mol. The van der Waals surface area contributed by atoms with Gasteiger partial charge in [-0.25, -0.2) is 0 Å². The first kappa shape index (κ1) is 16.3. The van der Waals surface area contributed by atoms with Crippen molar-refractivity contribution in [3.05, 3.63) is 18.2 Å². The Bertz CT molecular complexity index is 560. The van der Waals surface area contributed by atoms with Crippen molar-refractivity contribution in [3.8, 4) is 5.75 Å². The van der Waals surface area contributed by atoms with Crippen molar-refractivity contribution in [1.82, 2.24) is 4.90 Å². The second-order valence-corrected chi connectivity index (χ2v) is 5.30. The fraction of sp³-hybridized carbons (Fsp3) is 0.467. The van der Waals surface area contributed by atoms with Gasteiger partial charge in [-0.3, -0.25) is 9.59 Å². The quantitative estimate of drug-likeness (QED) is 0.831. The molecule has 2 amide bonds. The van der Waals surface area contributed by atoms with Crippen molar-refractivity contribution in [2.24, 2.45) is 0 Å². The van der Waals surface area contributed by atoms with E-state index in [0.717, 1.165) is 6.54 Å². The molecule has 0 saturated heterocycles. The first-order valence-corrected chi connectivity index (χ1v) is 7.02. The van der Waals surface area contributed by atoms with Crippen molar-refractivity contribution < 1.29 is 19.1 Å². The summed E-state index contributed by atoms with van der Waals surface area (Å²) in [6.07, 6.45) is 0. The third kappa shape index (κ3) is 3.96. The van der Waals surface area contributed by atoms with Gasteiger partial charge in [-0.2, -0.15) is 0 Å². The van der Waals surface area contributed by atoms with E-state index in [-0.39, 0.29) is 25.0 Å². The Hall–Kier alpha value is -2.12. The molecule has 0 fully saturated rings. The molecule has 7 heteroatoms. The van der Waals surface area contributed by atoms with Gasteiger partial charge in [-0.1, -0.05) is 0 Å². The fourth-order valence-electron chi connectivity index (χ4n) is 2.15. The number of anilines is 2. The largest absolute Gasteiger partial charge is 0.482 e. The third-order valence-electron chi connectivity index (χ3n) is 3.23. The lowest BCUT2D eigenvalue weighted by Gasteiger charge is -2.30. The van der Waals surface area contributed by atoms with Crippen molar-refractivity contribution in [2.75, 3.05) is 57.7 Å². The normalized spacial score (nSPS) is 13.8. The van der Waals surface area contributed by atoms with E-state index < -0.39 is 0 Å². The first-order valence-electron chi connectivity index (χ1n) is 7.02. The molecule has 1 aliphatic rings. The second kappa shape index (κ2) is 7.24. The summed E-state index contributed by atoms with van der Waals surface area (Å²) in [4.78, 5) is 27.4. The van der Waals surface area contributed by atoms with Gasteiger partial charge in [-0.05, 0) is 32.3 Å². The van der Waals surface area contributed by atoms with E-state index in [1.807, 2.05) is 19.0 Å². The zero-order chi connectivity index (χ0) is 16.1. The minimum Gasteiger partial charge on any atom is -0.482 e. The number of nitrogens with one attached hydrogen (secondary N) is 1. The van der Waals surface area contributed by atoms with Crippen LogP contribution in [0.25, 0.3) is 0 Å². The van der Waals surface area contributed by atoms with Crippen LogP contribution >= 0.6 is 0 Å². The minimum atomic E-state index is -0.245. The number of carbonyl (C=O) groups excluding carboxylic acids is 2. The van der Waals surface area contributed by atoms with Crippen molar-refractivity contribution >= 4 is 23.2 Å². The molecule has 0 atom stereocenters. The number of hydrogen-bond donors (Lipinski definition) is 1. The number of carbonyl (C=O) groups is 2. The third-order valence-corrected chi connectivity index (χ3v) is 3.23. The van der Waals surface area contributed by atoms with Crippen LogP contribution in [-0.4, -0.2) is 64.2 Å². The summed E-state index contributed by atoms with van der Waals surface area (Å²) in [6.45, 7) is 1.33. The number of fused-ring (bicyclic) bond motifs is 1. The number of benzene rings is 1. The van der Waals surface area contributed by atoms with Crippen LogP contribution in [0.2, 0.25) is 0 Å². The van der Waals surface area contributed by atoms with E-state index in [9.17, 15) is 9.59 Å². The van der Waals surface area contributed by atoms with E-state index in [1.54, 1.807) is 23.1 Å². The van der Waals surface area contributed by atoms with Crippen molar-refractivity contribution in [2.45, 2.75) is 0 Å². The zero-order valence-corrected chi connectivity index (χ0v) is 13.1. The summed E-state index contributed by atoms with van der Waals surface area (Å²) in [7, 11) is 5.36. The second-order valence-electron chi connectivity index (χ2n) is 5.30. The topological polar surface area (TPSA) is 71.1 Å². The lowest BCUT2D eigenvalue weighted by molar-refractivity contribution is -0.121. The molecule has 0 aliphatic carbocycles. The molecule has 120 valence electrons. The molecule has 22 heavy (non-hydrogen) atoms. The average molecular weight is 307 g/mol. The van der Waals surface area contributed by atoms with E-state index in [0.29, 0.717) is 23.7 Å². The van der Waals surface area contributed by atoms with Crippen molar-refractivity contribution in [3.63, 3.8) is 0 Å². The summed E-state index contributed by atoms with van der Waals surface area (Å²) in [6, 6.07) is 5.24. The maximum atomic E-state index is 12.1. The number of methoxy groups -OCH3 is 1. The van der Waals surface area contributed by atoms with Gasteiger partial charge in [0.1, 0.15) is 12.4 Å². The minimum absolute atomic E-state index is 0.0170. The molecule has 0 radical (unpaired) electrons. The molecular formula is C15H21N3O4. The highest BCUT2D eigenvalue weighted by Gasteiger charge is 2.25. The Labute approximate surface area is 129 Å². The Morgan fingerprint density at radius 3 is 2.91 bits per heavy atom. The first-order chi connectivity index (χ1) is 10.5. The van der Waals surface area contributed by atoms with Crippen LogP contribution in [0.5, 0.6) is 5.75 Å². The molecule has 1 aliphatic heterocycles. The molecule has 1 aromatic carbocycles. The SMILES string of the molecule is COCC(=O)Nc1ccc2c(c1)N(CCN(C)C)C(=O)CO2. The van der Waals surface area contributed by atoms with E-state index in [2.05, 4.69) is 5.32 Å². The van der Waals surface area contributed by atoms with E-state index in [4.69, 9.17) is 9.47 Å². The number of hydrogen-bond acceptors (Lipinski definition) is 5. The van der Waals surface area contributed by atoms with Gasteiger partial charge in [-0.15, -0.1) is 0 Å². The Balaban J connectivity index is 2.20. The van der Waals surface area contributed by atoms with Gasteiger partial charge in [0.2, 0.25) is 5.91 Å². The number of likely N-dealkylation sites (N-methyl/N-ethyl adjacent to an activating group) is 1. The lowest BCUT2D eigenvalue weighted by Crippen LogP contribution is -2.42. The molecular weight excluding hydrogens is 286 g/mol. The van der Waals surface area contributed by atoms with Crippen LogP contribution in [0.4, 0.5) is 11.4 Å². The van der Waals surface area contributed by atoms with Gasteiger partial charge >= 0.3 is 0 Å². The van der Waals surface area contributed by atoms with Gasteiger partial charge in [0.15, 0.2) is 6.61 Å². The van der Waals surface area contributed by atoms with Gasteiger partial charge in [0, 0.05) is 25.9 Å². The van der Waals surface area contributed by atoms with Crippen LogP contribution in [0, 0.1) is 0 Å². The monoisotopic (exact) mass is 307 g/mol. The molecule has 1 aromatic rings. The Morgan fingerprint density at radius 2 is 2.23 bits per heavy atom. The molecule has 1 heterocycles.